The number of thiocarbonyl (C=S) groups is 1. The van der Waals surface area contributed by atoms with Crippen molar-refractivity contribution in [1.29, 1.82) is 0 Å². The molecule has 0 radical (unpaired) electrons. The molecule has 3 rings (SSSR count). The fourth-order valence-electron chi connectivity index (χ4n) is 2.61. The van der Waals surface area contributed by atoms with Gasteiger partial charge in [-0.25, -0.2) is 4.79 Å². The second-order valence-electron chi connectivity index (χ2n) is 6.35. The van der Waals surface area contributed by atoms with Crippen molar-refractivity contribution in [2.45, 2.75) is 19.2 Å². The highest BCUT2D eigenvalue weighted by molar-refractivity contribution is 8.27. The number of carboxylic acids is 1. The van der Waals surface area contributed by atoms with Gasteiger partial charge in [0.2, 0.25) is 0 Å². The van der Waals surface area contributed by atoms with Crippen LogP contribution < -0.4 is 9.64 Å². The average Bonchev–Trinajstić information content (AvgIpc) is 2.96. The van der Waals surface area contributed by atoms with E-state index in [1.165, 1.54) is 19.1 Å². The number of hydrogen-bond acceptors (Lipinski definition) is 5. The minimum Gasteiger partial charge on any atom is -0.479 e. The van der Waals surface area contributed by atoms with Crippen LogP contribution >= 0.6 is 35.6 Å². The van der Waals surface area contributed by atoms with Crippen LogP contribution in [0.25, 0.3) is 6.08 Å². The molecule has 11 heteroatoms. The van der Waals surface area contributed by atoms with Crippen LogP contribution in [0.1, 0.15) is 18.1 Å². The number of benzene rings is 2. The van der Waals surface area contributed by atoms with Crippen LogP contribution in [0, 0.1) is 0 Å². The number of hydrogen-bond donors (Lipinski definition) is 1. The van der Waals surface area contributed by atoms with Gasteiger partial charge in [-0.1, -0.05) is 47.7 Å². The largest absolute Gasteiger partial charge is 0.479 e. The van der Waals surface area contributed by atoms with E-state index >= 15 is 0 Å². The maximum Gasteiger partial charge on any atom is 0.417 e. The summed E-state index contributed by atoms with van der Waals surface area (Å²) >= 11 is 11.8. The van der Waals surface area contributed by atoms with E-state index in [1.54, 1.807) is 24.3 Å². The Morgan fingerprint density at radius 3 is 2.48 bits per heavy atom. The Hall–Kier alpha value is -2.56. The smallest absolute Gasteiger partial charge is 0.417 e. The molecule has 162 valence electrons. The lowest BCUT2D eigenvalue weighted by Gasteiger charge is -2.17. The molecule has 2 aromatic carbocycles. The second-order valence-corrected chi connectivity index (χ2v) is 8.43. The summed E-state index contributed by atoms with van der Waals surface area (Å²) in [5, 5.41) is 8.40. The summed E-state index contributed by atoms with van der Waals surface area (Å²) in [6.45, 7) is 1.39. The van der Waals surface area contributed by atoms with Crippen LogP contribution in [0.2, 0.25) is 5.02 Å². The molecule has 1 atom stereocenters. The summed E-state index contributed by atoms with van der Waals surface area (Å²) in [5.41, 5.74) is -0.493. The first-order chi connectivity index (χ1) is 14.5. The third-order valence-corrected chi connectivity index (χ3v) is 5.78. The molecule has 0 aliphatic carbocycles. The highest BCUT2D eigenvalue weighted by Gasteiger charge is 2.37. The number of carbonyl (C=O) groups excluding carboxylic acids is 1. The predicted molar refractivity (Wildman–Crippen MR) is 116 cm³/mol. The zero-order chi connectivity index (χ0) is 22.9. The number of thioether (sulfide) groups is 1. The van der Waals surface area contributed by atoms with Gasteiger partial charge in [0.15, 0.2) is 10.4 Å². The Morgan fingerprint density at radius 2 is 1.90 bits per heavy atom. The van der Waals surface area contributed by atoms with Gasteiger partial charge in [-0.05, 0) is 48.9 Å². The van der Waals surface area contributed by atoms with Crippen LogP contribution in [0.4, 0.5) is 18.9 Å². The zero-order valence-electron chi connectivity index (χ0n) is 15.6. The highest BCUT2D eigenvalue weighted by Crippen LogP contribution is 2.41. The van der Waals surface area contributed by atoms with E-state index in [2.05, 4.69) is 0 Å². The molecule has 0 bridgehead atoms. The van der Waals surface area contributed by atoms with Gasteiger partial charge < -0.3 is 9.84 Å². The number of anilines is 1. The summed E-state index contributed by atoms with van der Waals surface area (Å²) in [6, 6.07) is 9.45. The number of nitrogens with zero attached hydrogens (tertiary/aromatic N) is 1. The SMILES string of the molecule is CC(Oc1ccc(/C=C2/SC(=S)N(c3ccc(Cl)c(C(F)(F)F)c3)C2=O)cc1)C(=O)O. The van der Waals surface area contributed by atoms with Gasteiger partial charge in [-0.2, -0.15) is 13.2 Å². The van der Waals surface area contributed by atoms with Gasteiger partial charge in [-0.3, -0.25) is 9.69 Å². The molecule has 1 unspecified atom stereocenters. The molecule has 2 aromatic rings. The van der Waals surface area contributed by atoms with Crippen molar-refractivity contribution in [2.24, 2.45) is 0 Å². The molecule has 0 spiro atoms. The summed E-state index contributed by atoms with van der Waals surface area (Å²) < 4.78 is 44.8. The number of amides is 1. The van der Waals surface area contributed by atoms with Gasteiger partial charge in [-0.15, -0.1) is 0 Å². The minimum atomic E-state index is -4.68. The van der Waals surface area contributed by atoms with Crippen LogP contribution in [0.3, 0.4) is 0 Å². The summed E-state index contributed by atoms with van der Waals surface area (Å²) in [5.74, 6) is -1.34. The van der Waals surface area contributed by atoms with Gasteiger partial charge in [0.1, 0.15) is 5.75 Å². The Balaban J connectivity index is 1.84. The van der Waals surface area contributed by atoms with Crippen molar-refractivity contribution in [3.8, 4) is 5.75 Å². The van der Waals surface area contributed by atoms with Gasteiger partial charge in [0, 0.05) is 0 Å². The fraction of sp³-hybridized carbons (Fsp3) is 0.150. The van der Waals surface area contributed by atoms with Crippen LogP contribution in [0.5, 0.6) is 5.75 Å². The van der Waals surface area contributed by atoms with Crippen LogP contribution in [0.15, 0.2) is 47.4 Å². The first kappa shape index (κ1) is 23.1. The van der Waals surface area contributed by atoms with E-state index < -0.39 is 34.7 Å². The molecule has 1 aliphatic rings. The number of aliphatic carboxylic acids is 1. The number of alkyl halides is 3. The molecule has 0 saturated carbocycles. The van der Waals surface area contributed by atoms with E-state index in [4.69, 9.17) is 33.7 Å². The normalized spacial score (nSPS) is 16.7. The lowest BCUT2D eigenvalue weighted by molar-refractivity contribution is -0.144. The molecular formula is C20H13ClF3NO4S2. The molecule has 1 fully saturated rings. The lowest BCUT2D eigenvalue weighted by atomic mass is 10.1. The first-order valence-electron chi connectivity index (χ1n) is 8.61. The highest BCUT2D eigenvalue weighted by atomic mass is 35.5. The predicted octanol–water partition coefficient (Wildman–Crippen LogP) is 5.62. The van der Waals surface area contributed by atoms with E-state index in [9.17, 15) is 22.8 Å². The molecule has 31 heavy (non-hydrogen) atoms. The number of carboxylic acid groups (broad SMARTS) is 1. The minimum absolute atomic E-state index is 0.0333. The van der Waals surface area contributed by atoms with E-state index in [0.29, 0.717) is 11.3 Å². The van der Waals surface area contributed by atoms with E-state index in [0.717, 1.165) is 28.8 Å². The fourth-order valence-corrected chi connectivity index (χ4v) is 4.13. The molecule has 1 saturated heterocycles. The standard InChI is InChI=1S/C20H13ClF3NO4S2/c1-10(18(27)28)29-13-5-2-11(3-6-13)8-16-17(26)25(19(30)31-16)12-4-7-15(21)14(9-12)20(22,23)24/h2-10H,1H3,(H,27,28)/b16-8+. The maximum atomic E-state index is 13.1. The lowest BCUT2D eigenvalue weighted by Crippen LogP contribution is -2.27. The van der Waals surface area contributed by atoms with Gasteiger partial charge in [0.05, 0.1) is 21.2 Å². The van der Waals surface area contributed by atoms with Gasteiger partial charge in [0.25, 0.3) is 5.91 Å². The second kappa shape index (κ2) is 8.89. The van der Waals surface area contributed by atoms with Crippen molar-refractivity contribution < 1.29 is 32.6 Å². The zero-order valence-corrected chi connectivity index (χ0v) is 18.0. The van der Waals surface area contributed by atoms with E-state index in [1.807, 2.05) is 0 Å². The molecule has 1 amide bonds. The van der Waals surface area contributed by atoms with Gasteiger partial charge >= 0.3 is 12.1 Å². The maximum absolute atomic E-state index is 13.1. The van der Waals surface area contributed by atoms with Crippen molar-refractivity contribution in [2.75, 3.05) is 4.90 Å². The monoisotopic (exact) mass is 487 g/mol. The summed E-state index contributed by atoms with van der Waals surface area (Å²) in [6.07, 6.45) is -4.17. The number of ether oxygens (including phenoxy) is 1. The average molecular weight is 488 g/mol. The number of halogens is 4. The van der Waals surface area contributed by atoms with Crippen molar-refractivity contribution in [3.05, 3.63) is 63.5 Å². The third kappa shape index (κ3) is 5.20. The molecule has 5 nitrogen and oxygen atoms in total. The molecule has 1 N–H and O–H groups in total. The molecule has 1 aliphatic heterocycles. The Bertz CT molecular complexity index is 1090. The topological polar surface area (TPSA) is 66.8 Å². The Kier molecular flexibility index (Phi) is 6.63. The Morgan fingerprint density at radius 1 is 1.26 bits per heavy atom. The quantitative estimate of drug-likeness (QED) is 0.436. The summed E-state index contributed by atoms with van der Waals surface area (Å²) in [4.78, 5) is 24.9. The van der Waals surface area contributed by atoms with Crippen molar-refractivity contribution in [3.63, 3.8) is 0 Å². The third-order valence-electron chi connectivity index (χ3n) is 4.15. The summed E-state index contributed by atoms with van der Waals surface area (Å²) in [7, 11) is 0. The van der Waals surface area contributed by atoms with Crippen LogP contribution in [-0.2, 0) is 15.8 Å². The first-order valence-corrected chi connectivity index (χ1v) is 10.2. The molecule has 0 aromatic heterocycles. The number of carbonyl (C=O) groups is 2. The van der Waals surface area contributed by atoms with E-state index in [-0.39, 0.29) is 14.9 Å². The van der Waals surface area contributed by atoms with Crippen LogP contribution in [-0.4, -0.2) is 27.4 Å². The molecule has 1 heterocycles. The van der Waals surface area contributed by atoms with Crippen molar-refractivity contribution >= 4 is 63.5 Å². The molecular weight excluding hydrogens is 475 g/mol. The number of rotatable bonds is 5. The van der Waals surface area contributed by atoms with Crippen molar-refractivity contribution in [1.82, 2.24) is 0 Å². The Labute approximate surface area is 189 Å².